The fourth-order valence-corrected chi connectivity index (χ4v) is 1.64. The van der Waals surface area contributed by atoms with Crippen molar-refractivity contribution in [3.63, 3.8) is 0 Å². The van der Waals surface area contributed by atoms with Gasteiger partial charge in [-0.3, -0.25) is 0 Å². The van der Waals surface area contributed by atoms with Crippen molar-refractivity contribution in [2.24, 2.45) is 0 Å². The third-order valence-corrected chi connectivity index (χ3v) is 2.16. The second kappa shape index (κ2) is 3.90. The molecule has 1 aromatic carbocycles. The Morgan fingerprint density at radius 3 is 2.58 bits per heavy atom. The van der Waals surface area contributed by atoms with Crippen molar-refractivity contribution in [2.75, 3.05) is 0 Å². The fraction of sp³-hybridized carbons (Fsp3) is 0.333. The highest BCUT2D eigenvalue weighted by atomic mass is 35.5. The number of aryl methyl sites for hydroxylation is 2. The Morgan fingerprint density at radius 1 is 1.42 bits per heavy atom. The topological polar surface area (TPSA) is 32.3 Å². The minimum atomic E-state index is 0.394. The lowest BCUT2D eigenvalue weighted by atomic mass is 10.1. The first kappa shape index (κ1) is 9.52. The van der Waals surface area contributed by atoms with Gasteiger partial charge in [-0.1, -0.05) is 17.7 Å². The van der Waals surface area contributed by atoms with E-state index in [2.05, 4.69) is 5.48 Å². The third kappa shape index (κ3) is 1.97. The highest BCUT2D eigenvalue weighted by Crippen LogP contribution is 2.21. The number of halogens is 1. The van der Waals surface area contributed by atoms with Crippen LogP contribution in [0.1, 0.15) is 16.7 Å². The maximum Gasteiger partial charge on any atom is 0.0475 e. The zero-order valence-electron chi connectivity index (χ0n) is 7.19. The van der Waals surface area contributed by atoms with Crippen LogP contribution in [-0.2, 0) is 6.54 Å². The van der Waals surface area contributed by atoms with Gasteiger partial charge >= 0.3 is 0 Å². The van der Waals surface area contributed by atoms with Gasteiger partial charge in [0.05, 0.1) is 0 Å². The largest absolute Gasteiger partial charge is 0.316 e. The van der Waals surface area contributed by atoms with E-state index in [-0.39, 0.29) is 0 Å². The van der Waals surface area contributed by atoms with Crippen molar-refractivity contribution >= 4 is 11.6 Å². The van der Waals surface area contributed by atoms with Crippen molar-refractivity contribution in [1.29, 1.82) is 0 Å². The van der Waals surface area contributed by atoms with Crippen LogP contribution in [-0.4, -0.2) is 5.21 Å². The van der Waals surface area contributed by atoms with Gasteiger partial charge in [-0.25, -0.2) is 5.48 Å². The average molecular weight is 186 g/mol. The van der Waals surface area contributed by atoms with E-state index < -0.39 is 0 Å². The standard InChI is InChI=1S/C9H12ClNO/c1-6-3-7(2)8(5-11-12)9(10)4-6/h3-4,11-12H,5H2,1-2H3. The monoisotopic (exact) mass is 185 g/mol. The van der Waals surface area contributed by atoms with Crippen molar-refractivity contribution < 1.29 is 5.21 Å². The summed E-state index contributed by atoms with van der Waals surface area (Å²) in [6, 6.07) is 3.93. The van der Waals surface area contributed by atoms with E-state index in [1.807, 2.05) is 26.0 Å². The summed E-state index contributed by atoms with van der Waals surface area (Å²) < 4.78 is 0. The first-order valence-corrected chi connectivity index (χ1v) is 4.15. The number of hydrogen-bond acceptors (Lipinski definition) is 2. The molecule has 0 atom stereocenters. The molecule has 12 heavy (non-hydrogen) atoms. The minimum Gasteiger partial charge on any atom is -0.316 e. The summed E-state index contributed by atoms with van der Waals surface area (Å²) in [5.41, 5.74) is 5.29. The number of hydrogen-bond donors (Lipinski definition) is 2. The van der Waals surface area contributed by atoms with Crippen LogP contribution in [0.15, 0.2) is 12.1 Å². The molecule has 0 spiro atoms. The normalized spacial score (nSPS) is 10.3. The van der Waals surface area contributed by atoms with Crippen LogP contribution in [0.3, 0.4) is 0 Å². The maximum absolute atomic E-state index is 8.53. The van der Waals surface area contributed by atoms with Crippen LogP contribution in [0.4, 0.5) is 0 Å². The Hall–Kier alpha value is -0.570. The Balaban J connectivity index is 3.10. The molecule has 3 heteroatoms. The lowest BCUT2D eigenvalue weighted by Gasteiger charge is -2.07. The second-order valence-corrected chi connectivity index (χ2v) is 3.28. The molecular weight excluding hydrogens is 174 g/mol. The van der Waals surface area contributed by atoms with E-state index in [0.717, 1.165) is 16.7 Å². The number of rotatable bonds is 2. The molecule has 1 rings (SSSR count). The van der Waals surface area contributed by atoms with Crippen LogP contribution in [0.2, 0.25) is 5.02 Å². The molecule has 0 fully saturated rings. The molecule has 0 radical (unpaired) electrons. The summed E-state index contributed by atoms with van der Waals surface area (Å²) in [6.07, 6.45) is 0. The van der Waals surface area contributed by atoms with Gasteiger partial charge in [-0.15, -0.1) is 0 Å². The lowest BCUT2D eigenvalue weighted by molar-refractivity contribution is 0.161. The molecule has 0 aromatic heterocycles. The van der Waals surface area contributed by atoms with Gasteiger partial charge < -0.3 is 5.21 Å². The van der Waals surface area contributed by atoms with Crippen LogP contribution in [0.25, 0.3) is 0 Å². The second-order valence-electron chi connectivity index (χ2n) is 2.88. The molecule has 0 saturated carbocycles. The highest BCUT2D eigenvalue weighted by Gasteiger charge is 2.03. The summed E-state index contributed by atoms with van der Waals surface area (Å²) >= 11 is 5.96. The Morgan fingerprint density at radius 2 is 2.08 bits per heavy atom. The zero-order chi connectivity index (χ0) is 9.14. The molecule has 1 aromatic rings. The van der Waals surface area contributed by atoms with Crippen LogP contribution < -0.4 is 5.48 Å². The first-order valence-electron chi connectivity index (χ1n) is 3.77. The summed E-state index contributed by atoms with van der Waals surface area (Å²) in [7, 11) is 0. The SMILES string of the molecule is Cc1cc(C)c(CNO)c(Cl)c1. The molecule has 66 valence electrons. The van der Waals surface area contributed by atoms with E-state index in [9.17, 15) is 0 Å². The molecule has 0 amide bonds. The molecule has 0 aliphatic rings. The van der Waals surface area contributed by atoms with Gasteiger partial charge in [0.25, 0.3) is 0 Å². The van der Waals surface area contributed by atoms with E-state index in [1.54, 1.807) is 0 Å². The van der Waals surface area contributed by atoms with Gasteiger partial charge in [-0.05, 0) is 36.6 Å². The Kier molecular flexibility index (Phi) is 3.09. The lowest BCUT2D eigenvalue weighted by Crippen LogP contribution is -2.08. The predicted molar refractivity (Wildman–Crippen MR) is 49.6 cm³/mol. The molecule has 0 saturated heterocycles. The van der Waals surface area contributed by atoms with Gasteiger partial charge in [0.2, 0.25) is 0 Å². The van der Waals surface area contributed by atoms with Gasteiger partial charge in [0.1, 0.15) is 0 Å². The molecule has 0 aliphatic heterocycles. The average Bonchev–Trinajstić information content (AvgIpc) is 1.96. The van der Waals surface area contributed by atoms with Crippen LogP contribution >= 0.6 is 11.6 Å². The molecular formula is C9H12ClNO. The van der Waals surface area contributed by atoms with Gasteiger partial charge in [-0.2, -0.15) is 0 Å². The quantitative estimate of drug-likeness (QED) is 0.694. The first-order chi connectivity index (χ1) is 5.65. The molecule has 0 unspecified atom stereocenters. The molecule has 0 bridgehead atoms. The zero-order valence-corrected chi connectivity index (χ0v) is 7.94. The van der Waals surface area contributed by atoms with E-state index in [4.69, 9.17) is 16.8 Å². The van der Waals surface area contributed by atoms with Crippen molar-refractivity contribution in [3.8, 4) is 0 Å². The van der Waals surface area contributed by atoms with Crippen molar-refractivity contribution in [2.45, 2.75) is 20.4 Å². The molecule has 2 N–H and O–H groups in total. The minimum absolute atomic E-state index is 0.394. The van der Waals surface area contributed by atoms with Crippen molar-refractivity contribution in [3.05, 3.63) is 33.8 Å². The summed E-state index contributed by atoms with van der Waals surface area (Å²) in [4.78, 5) is 0. The Labute approximate surface area is 77.1 Å². The predicted octanol–water partition coefficient (Wildman–Crippen LogP) is 2.44. The smallest absolute Gasteiger partial charge is 0.0475 e. The van der Waals surface area contributed by atoms with E-state index >= 15 is 0 Å². The third-order valence-electron chi connectivity index (χ3n) is 1.82. The molecule has 0 aliphatic carbocycles. The summed E-state index contributed by atoms with van der Waals surface area (Å²) in [5, 5.41) is 9.23. The van der Waals surface area contributed by atoms with Crippen molar-refractivity contribution in [1.82, 2.24) is 5.48 Å². The number of nitrogens with one attached hydrogen (secondary N) is 1. The summed E-state index contributed by atoms with van der Waals surface area (Å²) in [6.45, 7) is 4.37. The number of benzene rings is 1. The highest BCUT2D eigenvalue weighted by molar-refractivity contribution is 6.31. The van der Waals surface area contributed by atoms with E-state index in [1.165, 1.54) is 0 Å². The molecule has 0 heterocycles. The van der Waals surface area contributed by atoms with Gasteiger partial charge in [0, 0.05) is 11.6 Å². The van der Waals surface area contributed by atoms with Gasteiger partial charge in [0.15, 0.2) is 0 Å². The molecule has 2 nitrogen and oxygen atoms in total. The summed E-state index contributed by atoms with van der Waals surface area (Å²) in [5.74, 6) is 0. The fourth-order valence-electron chi connectivity index (χ4n) is 1.25. The maximum atomic E-state index is 8.53. The van der Waals surface area contributed by atoms with E-state index in [0.29, 0.717) is 11.6 Å². The van der Waals surface area contributed by atoms with Crippen LogP contribution in [0, 0.1) is 13.8 Å². The van der Waals surface area contributed by atoms with Crippen LogP contribution in [0.5, 0.6) is 0 Å². The Bertz CT molecular complexity index is 263. The number of hydroxylamine groups is 1.